The molecule has 1 heterocycles. The van der Waals surface area contributed by atoms with Gasteiger partial charge in [-0.1, -0.05) is 6.92 Å². The summed E-state index contributed by atoms with van der Waals surface area (Å²) in [6.45, 7) is 2.02. The Hall–Kier alpha value is -1.16. The van der Waals surface area contributed by atoms with Crippen LogP contribution < -0.4 is 5.32 Å². The number of nitrogens with one attached hydrogen (secondary N) is 1. The molecule has 0 radical (unpaired) electrons. The standard InChI is InChI=1S/C10H8BrNO2/c1-2-5-3-6(11)8-7(4-5)12-10(14)9(8)13/h3-4H,2H2,1H3,(H,12,13,14). The van der Waals surface area contributed by atoms with E-state index in [0.29, 0.717) is 15.7 Å². The number of halogens is 1. The van der Waals surface area contributed by atoms with Gasteiger partial charge in [0.2, 0.25) is 0 Å². The molecule has 2 rings (SSSR count). The lowest BCUT2D eigenvalue weighted by Crippen LogP contribution is -2.12. The van der Waals surface area contributed by atoms with Gasteiger partial charge in [-0.2, -0.15) is 0 Å². The molecule has 1 N–H and O–H groups in total. The average molecular weight is 254 g/mol. The lowest BCUT2D eigenvalue weighted by Gasteiger charge is -2.03. The van der Waals surface area contributed by atoms with Crippen molar-refractivity contribution in [2.24, 2.45) is 0 Å². The molecule has 1 aliphatic heterocycles. The minimum atomic E-state index is -0.547. The van der Waals surface area contributed by atoms with Crippen molar-refractivity contribution < 1.29 is 9.59 Å². The minimum absolute atomic E-state index is 0.451. The second-order valence-corrected chi connectivity index (χ2v) is 3.99. The maximum atomic E-state index is 11.4. The second-order valence-electron chi connectivity index (χ2n) is 3.14. The Morgan fingerprint density at radius 3 is 2.71 bits per heavy atom. The Kier molecular flexibility index (Phi) is 2.15. The third-order valence-electron chi connectivity index (χ3n) is 2.24. The molecule has 0 saturated carbocycles. The third-order valence-corrected chi connectivity index (χ3v) is 2.87. The van der Waals surface area contributed by atoms with Gasteiger partial charge < -0.3 is 5.32 Å². The monoisotopic (exact) mass is 253 g/mol. The summed E-state index contributed by atoms with van der Waals surface area (Å²) >= 11 is 3.29. The third kappa shape index (κ3) is 1.26. The Balaban J connectivity index is 2.63. The van der Waals surface area contributed by atoms with E-state index in [2.05, 4.69) is 21.2 Å². The molecule has 1 aromatic carbocycles. The summed E-state index contributed by atoms with van der Waals surface area (Å²) in [7, 11) is 0. The van der Waals surface area contributed by atoms with Crippen LogP contribution in [0.4, 0.5) is 5.69 Å². The fourth-order valence-electron chi connectivity index (χ4n) is 1.49. The predicted octanol–water partition coefficient (Wildman–Crippen LogP) is 2.15. The fraction of sp³-hybridized carbons (Fsp3) is 0.200. The van der Waals surface area contributed by atoms with Crippen molar-refractivity contribution in [1.29, 1.82) is 0 Å². The smallest absolute Gasteiger partial charge is 0.296 e. The van der Waals surface area contributed by atoms with Crippen molar-refractivity contribution >= 4 is 33.3 Å². The van der Waals surface area contributed by atoms with Crippen LogP contribution >= 0.6 is 15.9 Å². The van der Waals surface area contributed by atoms with Crippen molar-refractivity contribution in [2.75, 3.05) is 5.32 Å². The van der Waals surface area contributed by atoms with Crippen molar-refractivity contribution in [3.05, 3.63) is 27.7 Å². The number of ketones is 1. The Bertz CT molecular complexity index is 440. The molecule has 0 atom stereocenters. The van der Waals surface area contributed by atoms with E-state index in [4.69, 9.17) is 0 Å². The molecule has 0 fully saturated rings. The number of fused-ring (bicyclic) bond motifs is 1. The first-order valence-corrected chi connectivity index (χ1v) is 5.11. The first kappa shape index (κ1) is 9.40. The van der Waals surface area contributed by atoms with Crippen molar-refractivity contribution in [2.45, 2.75) is 13.3 Å². The lowest BCUT2D eigenvalue weighted by atomic mass is 10.1. The number of Topliss-reactive ketones (excluding diaryl/α,β-unsaturated/α-hetero) is 1. The SMILES string of the molecule is CCc1cc(Br)c2c(c1)NC(=O)C2=O. The molecule has 0 aliphatic carbocycles. The summed E-state index contributed by atoms with van der Waals surface area (Å²) < 4.78 is 0.690. The number of amides is 1. The molecule has 0 bridgehead atoms. The minimum Gasteiger partial charge on any atom is -0.318 e. The normalized spacial score (nSPS) is 14.1. The van der Waals surface area contributed by atoms with Crippen LogP contribution in [-0.2, 0) is 11.2 Å². The predicted molar refractivity (Wildman–Crippen MR) is 56.5 cm³/mol. The maximum Gasteiger partial charge on any atom is 0.296 e. The summed E-state index contributed by atoms with van der Waals surface area (Å²) in [5.74, 6) is -1.01. The van der Waals surface area contributed by atoms with Gasteiger partial charge in [0, 0.05) is 4.47 Å². The highest BCUT2D eigenvalue weighted by molar-refractivity contribution is 9.10. The molecular weight excluding hydrogens is 246 g/mol. The molecule has 3 nitrogen and oxygen atoms in total. The summed E-state index contributed by atoms with van der Waals surface area (Å²) in [5.41, 5.74) is 2.16. The van der Waals surface area contributed by atoms with Crippen molar-refractivity contribution in [3.63, 3.8) is 0 Å². The van der Waals surface area contributed by atoms with Gasteiger partial charge in [-0.05, 0) is 40.0 Å². The molecular formula is C10H8BrNO2. The zero-order valence-corrected chi connectivity index (χ0v) is 9.14. The van der Waals surface area contributed by atoms with Crippen LogP contribution in [0.1, 0.15) is 22.8 Å². The van der Waals surface area contributed by atoms with E-state index in [1.807, 2.05) is 19.1 Å². The van der Waals surface area contributed by atoms with Crippen LogP contribution in [-0.4, -0.2) is 11.7 Å². The number of carbonyl (C=O) groups excluding carboxylic acids is 2. The summed E-state index contributed by atoms with van der Waals surface area (Å²) in [6.07, 6.45) is 0.871. The molecule has 1 amide bonds. The van der Waals surface area contributed by atoms with Crippen LogP contribution in [0.3, 0.4) is 0 Å². The van der Waals surface area contributed by atoms with E-state index < -0.39 is 11.7 Å². The van der Waals surface area contributed by atoms with Crippen molar-refractivity contribution in [3.8, 4) is 0 Å². The van der Waals surface area contributed by atoms with Gasteiger partial charge >= 0.3 is 0 Å². The number of carbonyl (C=O) groups is 2. The number of rotatable bonds is 1. The molecule has 4 heteroatoms. The van der Waals surface area contributed by atoms with Gasteiger partial charge in [0.1, 0.15) is 0 Å². The highest BCUT2D eigenvalue weighted by Crippen LogP contribution is 2.31. The quantitative estimate of drug-likeness (QED) is 0.780. The number of hydrogen-bond donors (Lipinski definition) is 1. The second kappa shape index (κ2) is 3.20. The van der Waals surface area contributed by atoms with Gasteiger partial charge in [-0.25, -0.2) is 0 Å². The largest absolute Gasteiger partial charge is 0.318 e. The maximum absolute atomic E-state index is 11.4. The molecule has 1 aliphatic rings. The molecule has 0 spiro atoms. The van der Waals surface area contributed by atoms with E-state index >= 15 is 0 Å². The van der Waals surface area contributed by atoms with Crippen LogP contribution in [0.15, 0.2) is 16.6 Å². The summed E-state index contributed by atoms with van der Waals surface area (Å²) in [4.78, 5) is 22.5. The number of hydrogen-bond acceptors (Lipinski definition) is 2. The fourth-order valence-corrected chi connectivity index (χ4v) is 2.18. The van der Waals surface area contributed by atoms with Crippen LogP contribution in [0.25, 0.3) is 0 Å². The van der Waals surface area contributed by atoms with Crippen LogP contribution in [0.5, 0.6) is 0 Å². The lowest BCUT2D eigenvalue weighted by molar-refractivity contribution is -0.112. The Morgan fingerprint density at radius 2 is 2.07 bits per heavy atom. The summed E-state index contributed by atoms with van der Waals surface area (Å²) in [5, 5.41) is 2.54. The van der Waals surface area contributed by atoms with Gasteiger partial charge in [0.05, 0.1) is 11.3 Å². The van der Waals surface area contributed by atoms with Crippen LogP contribution in [0, 0.1) is 0 Å². The molecule has 72 valence electrons. The molecule has 0 aromatic heterocycles. The number of anilines is 1. The Labute approximate surface area is 89.6 Å². The number of benzene rings is 1. The molecule has 14 heavy (non-hydrogen) atoms. The number of aryl methyl sites for hydroxylation is 1. The van der Waals surface area contributed by atoms with E-state index in [1.54, 1.807) is 0 Å². The topological polar surface area (TPSA) is 46.2 Å². The molecule has 1 aromatic rings. The van der Waals surface area contributed by atoms with Gasteiger partial charge in [0.25, 0.3) is 11.7 Å². The van der Waals surface area contributed by atoms with E-state index in [0.717, 1.165) is 12.0 Å². The van der Waals surface area contributed by atoms with Gasteiger partial charge in [-0.15, -0.1) is 0 Å². The highest BCUT2D eigenvalue weighted by Gasteiger charge is 2.30. The highest BCUT2D eigenvalue weighted by atomic mass is 79.9. The molecule has 0 unspecified atom stereocenters. The van der Waals surface area contributed by atoms with E-state index in [1.165, 1.54) is 0 Å². The first-order valence-electron chi connectivity index (χ1n) is 4.31. The van der Waals surface area contributed by atoms with Gasteiger partial charge in [0.15, 0.2) is 0 Å². The first-order chi connectivity index (χ1) is 6.63. The van der Waals surface area contributed by atoms with E-state index in [-0.39, 0.29) is 0 Å². The molecule has 0 saturated heterocycles. The van der Waals surface area contributed by atoms with Crippen molar-refractivity contribution in [1.82, 2.24) is 0 Å². The van der Waals surface area contributed by atoms with Gasteiger partial charge in [-0.3, -0.25) is 9.59 Å². The van der Waals surface area contributed by atoms with Crippen LogP contribution in [0.2, 0.25) is 0 Å². The summed E-state index contributed by atoms with van der Waals surface area (Å²) in [6, 6.07) is 3.71. The zero-order chi connectivity index (χ0) is 10.3. The van der Waals surface area contributed by atoms with E-state index in [9.17, 15) is 9.59 Å². The zero-order valence-electron chi connectivity index (χ0n) is 7.56. The Morgan fingerprint density at radius 1 is 1.36 bits per heavy atom. The average Bonchev–Trinajstić information content (AvgIpc) is 2.43.